The predicted octanol–water partition coefficient (Wildman–Crippen LogP) is 4.16. The third-order valence-electron chi connectivity index (χ3n) is 7.39. The van der Waals surface area contributed by atoms with E-state index in [4.69, 9.17) is 4.74 Å². The second kappa shape index (κ2) is 11.9. The highest BCUT2D eigenvalue weighted by Gasteiger charge is 2.34. The molecule has 4 rings (SSSR count). The summed E-state index contributed by atoms with van der Waals surface area (Å²) >= 11 is 0. The average molecular weight is 504 g/mol. The molecule has 35 heavy (non-hydrogen) atoms. The van der Waals surface area contributed by atoms with E-state index >= 15 is 0 Å². The van der Waals surface area contributed by atoms with Gasteiger partial charge in [0.05, 0.1) is 12.7 Å². The SMILES string of the molecule is CN(C)S(=O)(=O)NC1CCN(Cc2ccccc2)CC1COC1CCC(c2cccc(F)c2)CC1. The number of hydrogen-bond acceptors (Lipinski definition) is 4. The van der Waals surface area contributed by atoms with Crippen LogP contribution in [0.5, 0.6) is 0 Å². The number of benzene rings is 2. The van der Waals surface area contributed by atoms with Crippen LogP contribution in [-0.4, -0.2) is 63.6 Å². The molecular weight excluding hydrogens is 465 g/mol. The number of piperidine rings is 1. The van der Waals surface area contributed by atoms with Gasteiger partial charge >= 0.3 is 0 Å². The van der Waals surface area contributed by atoms with Crippen LogP contribution in [0.3, 0.4) is 0 Å². The lowest BCUT2D eigenvalue weighted by molar-refractivity contribution is -0.0180. The topological polar surface area (TPSA) is 61.9 Å². The van der Waals surface area contributed by atoms with Gasteiger partial charge < -0.3 is 4.74 Å². The zero-order valence-electron chi connectivity index (χ0n) is 20.8. The molecule has 1 aliphatic carbocycles. The van der Waals surface area contributed by atoms with E-state index in [2.05, 4.69) is 21.8 Å². The molecule has 1 saturated carbocycles. The minimum absolute atomic E-state index is 0.0723. The highest BCUT2D eigenvalue weighted by atomic mass is 32.2. The summed E-state index contributed by atoms with van der Waals surface area (Å²) in [6, 6.07) is 17.2. The molecule has 2 atom stereocenters. The molecule has 1 heterocycles. The van der Waals surface area contributed by atoms with Crippen molar-refractivity contribution < 1.29 is 17.5 Å². The summed E-state index contributed by atoms with van der Waals surface area (Å²) in [6.45, 7) is 3.00. The Labute approximate surface area is 209 Å². The van der Waals surface area contributed by atoms with Crippen LogP contribution in [0.4, 0.5) is 4.39 Å². The van der Waals surface area contributed by atoms with Gasteiger partial charge in [-0.1, -0.05) is 42.5 Å². The molecule has 8 heteroatoms. The molecule has 2 aliphatic rings. The van der Waals surface area contributed by atoms with Crippen molar-refractivity contribution in [2.75, 3.05) is 33.8 Å². The normalized spacial score (nSPS) is 26.2. The van der Waals surface area contributed by atoms with Crippen molar-refractivity contribution >= 4 is 10.2 Å². The fourth-order valence-electron chi connectivity index (χ4n) is 5.30. The molecule has 1 saturated heterocycles. The second-order valence-electron chi connectivity index (χ2n) is 10.1. The van der Waals surface area contributed by atoms with Crippen molar-refractivity contribution in [1.29, 1.82) is 0 Å². The molecule has 6 nitrogen and oxygen atoms in total. The van der Waals surface area contributed by atoms with Crippen molar-refractivity contribution in [3.8, 4) is 0 Å². The third kappa shape index (κ3) is 7.33. The van der Waals surface area contributed by atoms with Gasteiger partial charge in [0.1, 0.15) is 5.82 Å². The van der Waals surface area contributed by atoms with E-state index in [1.165, 1.54) is 15.9 Å². The molecule has 2 aromatic rings. The number of ether oxygens (including phenoxy) is 1. The van der Waals surface area contributed by atoms with Gasteiger partial charge in [-0.2, -0.15) is 17.4 Å². The largest absolute Gasteiger partial charge is 0.378 e. The molecule has 0 amide bonds. The maximum Gasteiger partial charge on any atom is 0.279 e. The van der Waals surface area contributed by atoms with Crippen LogP contribution in [0, 0.1) is 11.7 Å². The number of rotatable bonds is 9. The minimum Gasteiger partial charge on any atom is -0.378 e. The van der Waals surface area contributed by atoms with Gasteiger partial charge in [0.25, 0.3) is 10.2 Å². The Bertz CT molecular complexity index is 1040. The number of nitrogens with one attached hydrogen (secondary N) is 1. The first-order valence-corrected chi connectivity index (χ1v) is 14.1. The Balaban J connectivity index is 1.35. The Morgan fingerprint density at radius 2 is 1.77 bits per heavy atom. The number of nitrogens with zero attached hydrogens (tertiary/aromatic N) is 2. The van der Waals surface area contributed by atoms with Crippen LogP contribution in [0.2, 0.25) is 0 Å². The molecule has 0 aromatic heterocycles. The van der Waals surface area contributed by atoms with E-state index in [1.807, 2.05) is 24.3 Å². The van der Waals surface area contributed by atoms with Crippen LogP contribution >= 0.6 is 0 Å². The lowest BCUT2D eigenvalue weighted by Crippen LogP contribution is -2.54. The van der Waals surface area contributed by atoms with Gasteiger partial charge in [0, 0.05) is 45.7 Å². The summed E-state index contributed by atoms with van der Waals surface area (Å²) in [7, 11) is -0.411. The number of hydrogen-bond donors (Lipinski definition) is 1. The molecular formula is C27H38FN3O3S. The first-order valence-electron chi connectivity index (χ1n) is 12.6. The van der Waals surface area contributed by atoms with Gasteiger partial charge in [-0.25, -0.2) is 4.39 Å². The maximum atomic E-state index is 13.6. The van der Waals surface area contributed by atoms with Crippen molar-refractivity contribution in [1.82, 2.24) is 13.9 Å². The summed E-state index contributed by atoms with van der Waals surface area (Å²) in [4.78, 5) is 2.39. The van der Waals surface area contributed by atoms with Crippen LogP contribution in [0.1, 0.15) is 49.1 Å². The van der Waals surface area contributed by atoms with Gasteiger partial charge in [0.2, 0.25) is 0 Å². The van der Waals surface area contributed by atoms with Gasteiger partial charge in [-0.15, -0.1) is 0 Å². The van der Waals surface area contributed by atoms with Crippen LogP contribution in [0.25, 0.3) is 0 Å². The summed E-state index contributed by atoms with van der Waals surface area (Å²) in [5.74, 6) is 0.272. The van der Waals surface area contributed by atoms with E-state index in [0.717, 1.165) is 57.3 Å². The van der Waals surface area contributed by atoms with Crippen molar-refractivity contribution in [2.45, 2.75) is 56.7 Å². The Hall–Kier alpha value is -1.84. The minimum atomic E-state index is -3.51. The van der Waals surface area contributed by atoms with Crippen LogP contribution in [0.15, 0.2) is 54.6 Å². The molecule has 2 fully saturated rings. The number of halogens is 1. The molecule has 0 spiro atoms. The number of likely N-dealkylation sites (tertiary alicyclic amines) is 1. The highest BCUT2D eigenvalue weighted by Crippen LogP contribution is 2.34. The van der Waals surface area contributed by atoms with E-state index in [-0.39, 0.29) is 23.9 Å². The molecule has 192 valence electrons. The molecule has 2 aromatic carbocycles. The van der Waals surface area contributed by atoms with Gasteiger partial charge in [0.15, 0.2) is 0 Å². The molecule has 0 radical (unpaired) electrons. The standard InChI is InChI=1S/C27H38FN3O3S/c1-30(2)35(32,33)29-27-15-16-31(18-21-7-4-3-5-8-21)19-24(27)20-34-26-13-11-22(12-14-26)23-9-6-10-25(28)17-23/h3-10,17,22,24,26-27,29H,11-16,18-20H2,1-2H3. The quantitative estimate of drug-likeness (QED) is 0.558. The third-order valence-corrected chi connectivity index (χ3v) is 8.95. The first kappa shape index (κ1) is 26.2. The fraction of sp³-hybridized carbons (Fsp3) is 0.556. The Morgan fingerprint density at radius 1 is 1.03 bits per heavy atom. The first-order chi connectivity index (χ1) is 16.8. The molecule has 1 N–H and O–H groups in total. The summed E-state index contributed by atoms with van der Waals surface area (Å²) in [5, 5.41) is 0. The van der Waals surface area contributed by atoms with Gasteiger partial charge in [-0.3, -0.25) is 4.90 Å². The Kier molecular flexibility index (Phi) is 8.94. The van der Waals surface area contributed by atoms with Crippen molar-refractivity contribution in [3.63, 3.8) is 0 Å². The van der Waals surface area contributed by atoms with E-state index < -0.39 is 10.2 Å². The van der Waals surface area contributed by atoms with Crippen molar-refractivity contribution in [3.05, 3.63) is 71.5 Å². The summed E-state index contributed by atoms with van der Waals surface area (Å²) < 4.78 is 49.2. The summed E-state index contributed by atoms with van der Waals surface area (Å²) in [6.07, 6.45) is 4.76. The fourth-order valence-corrected chi connectivity index (χ4v) is 6.20. The predicted molar refractivity (Wildman–Crippen MR) is 137 cm³/mol. The van der Waals surface area contributed by atoms with E-state index in [9.17, 15) is 12.8 Å². The zero-order chi connectivity index (χ0) is 24.8. The zero-order valence-corrected chi connectivity index (χ0v) is 21.6. The second-order valence-corrected chi connectivity index (χ2v) is 12.1. The van der Waals surface area contributed by atoms with Crippen LogP contribution < -0.4 is 4.72 Å². The van der Waals surface area contributed by atoms with Crippen molar-refractivity contribution in [2.24, 2.45) is 5.92 Å². The molecule has 2 unspecified atom stereocenters. The van der Waals surface area contributed by atoms with Crippen LogP contribution in [-0.2, 0) is 21.5 Å². The lowest BCUT2D eigenvalue weighted by Gasteiger charge is -2.40. The van der Waals surface area contributed by atoms with Gasteiger partial charge in [-0.05, 0) is 61.3 Å². The lowest BCUT2D eigenvalue weighted by atomic mass is 9.82. The molecule has 1 aliphatic heterocycles. The molecule has 0 bridgehead atoms. The van der Waals surface area contributed by atoms with E-state index in [1.54, 1.807) is 26.2 Å². The smallest absolute Gasteiger partial charge is 0.279 e. The summed E-state index contributed by atoms with van der Waals surface area (Å²) in [5.41, 5.74) is 2.33. The maximum absolute atomic E-state index is 13.6. The highest BCUT2D eigenvalue weighted by molar-refractivity contribution is 7.87. The van der Waals surface area contributed by atoms with E-state index in [0.29, 0.717) is 12.5 Å². The Morgan fingerprint density at radius 3 is 2.46 bits per heavy atom. The average Bonchev–Trinajstić information content (AvgIpc) is 2.85. The monoisotopic (exact) mass is 503 g/mol.